The van der Waals surface area contributed by atoms with Gasteiger partial charge in [-0.1, -0.05) is 43.7 Å². The van der Waals surface area contributed by atoms with E-state index < -0.39 is 0 Å². The van der Waals surface area contributed by atoms with Crippen LogP contribution in [0.4, 0.5) is 0 Å². The van der Waals surface area contributed by atoms with E-state index in [1.54, 1.807) is 0 Å². The molecule has 1 aromatic rings. The van der Waals surface area contributed by atoms with Gasteiger partial charge in [-0.2, -0.15) is 0 Å². The molecule has 0 aliphatic heterocycles. The van der Waals surface area contributed by atoms with E-state index in [-0.39, 0.29) is 0 Å². The van der Waals surface area contributed by atoms with Gasteiger partial charge in [0.05, 0.1) is 0 Å². The van der Waals surface area contributed by atoms with Crippen molar-refractivity contribution in [1.29, 1.82) is 0 Å². The molecule has 1 aromatic carbocycles. The van der Waals surface area contributed by atoms with E-state index >= 15 is 0 Å². The largest absolute Gasteiger partial charge is 0.314 e. The first-order chi connectivity index (χ1) is 7.13. The third-order valence-electron chi connectivity index (χ3n) is 3.02. The molecule has 0 saturated carbocycles. The van der Waals surface area contributed by atoms with Gasteiger partial charge >= 0.3 is 0 Å². The van der Waals surface area contributed by atoms with E-state index in [0.29, 0.717) is 12.0 Å². The van der Waals surface area contributed by atoms with Gasteiger partial charge in [-0.25, -0.2) is 0 Å². The van der Waals surface area contributed by atoms with Gasteiger partial charge in [-0.05, 0) is 38.3 Å². The average molecular weight is 205 g/mol. The number of hydrogen-bond acceptors (Lipinski definition) is 1. The van der Waals surface area contributed by atoms with Gasteiger partial charge < -0.3 is 5.32 Å². The van der Waals surface area contributed by atoms with E-state index in [2.05, 4.69) is 57.3 Å². The van der Waals surface area contributed by atoms with Gasteiger partial charge in [0.1, 0.15) is 0 Å². The van der Waals surface area contributed by atoms with Crippen LogP contribution in [-0.2, 0) is 6.42 Å². The summed E-state index contributed by atoms with van der Waals surface area (Å²) >= 11 is 0. The minimum absolute atomic E-state index is 0.593. The zero-order chi connectivity index (χ0) is 11.3. The maximum Gasteiger partial charge on any atom is 0.00674 e. The van der Waals surface area contributed by atoms with Crippen LogP contribution in [0.5, 0.6) is 0 Å². The minimum atomic E-state index is 0.593. The van der Waals surface area contributed by atoms with Crippen molar-refractivity contribution in [1.82, 2.24) is 5.32 Å². The molecule has 1 nitrogen and oxygen atoms in total. The van der Waals surface area contributed by atoms with Crippen molar-refractivity contribution < 1.29 is 0 Å². The fourth-order valence-electron chi connectivity index (χ4n) is 1.91. The fraction of sp³-hybridized carbons (Fsp3) is 0.571. The molecule has 1 N–H and O–H groups in total. The molecule has 0 amide bonds. The van der Waals surface area contributed by atoms with Gasteiger partial charge in [-0.15, -0.1) is 0 Å². The lowest BCUT2D eigenvalue weighted by atomic mass is 9.94. The topological polar surface area (TPSA) is 12.0 Å². The van der Waals surface area contributed by atoms with Crippen LogP contribution in [0, 0.1) is 12.8 Å². The number of aryl methyl sites for hydroxylation is 1. The second kappa shape index (κ2) is 5.92. The smallest absolute Gasteiger partial charge is 0.00674 e. The molecule has 0 radical (unpaired) electrons. The molecular formula is C14H23N. The van der Waals surface area contributed by atoms with Gasteiger partial charge in [0.15, 0.2) is 0 Å². The maximum atomic E-state index is 3.48. The predicted molar refractivity (Wildman–Crippen MR) is 67.2 cm³/mol. The van der Waals surface area contributed by atoms with E-state index in [1.165, 1.54) is 11.1 Å². The monoisotopic (exact) mass is 205 g/mol. The summed E-state index contributed by atoms with van der Waals surface area (Å²) in [5.41, 5.74) is 2.81. The molecular weight excluding hydrogens is 182 g/mol. The SMILES string of the molecule is CCNC(C)C(C)Cc1cccc(C)c1. The van der Waals surface area contributed by atoms with Crippen molar-refractivity contribution in [3.05, 3.63) is 35.4 Å². The maximum absolute atomic E-state index is 3.48. The van der Waals surface area contributed by atoms with Crippen LogP contribution in [0.25, 0.3) is 0 Å². The molecule has 0 aliphatic rings. The molecule has 0 aromatic heterocycles. The molecule has 2 unspecified atom stereocenters. The van der Waals surface area contributed by atoms with Crippen LogP contribution >= 0.6 is 0 Å². The van der Waals surface area contributed by atoms with Gasteiger partial charge in [0.2, 0.25) is 0 Å². The lowest BCUT2D eigenvalue weighted by Crippen LogP contribution is -2.32. The Kier molecular flexibility index (Phi) is 4.83. The molecule has 0 saturated heterocycles. The summed E-state index contributed by atoms with van der Waals surface area (Å²) < 4.78 is 0. The predicted octanol–water partition coefficient (Wildman–Crippen LogP) is 3.17. The molecule has 0 bridgehead atoms. The molecule has 84 valence electrons. The Balaban J connectivity index is 2.54. The van der Waals surface area contributed by atoms with Crippen molar-refractivity contribution >= 4 is 0 Å². The summed E-state index contributed by atoms with van der Waals surface area (Å²) in [6.45, 7) is 9.96. The van der Waals surface area contributed by atoms with Gasteiger partial charge in [0, 0.05) is 6.04 Å². The normalized spacial score (nSPS) is 14.9. The Morgan fingerprint density at radius 2 is 2.00 bits per heavy atom. The fourth-order valence-corrected chi connectivity index (χ4v) is 1.91. The number of hydrogen-bond donors (Lipinski definition) is 1. The molecule has 1 heteroatoms. The zero-order valence-corrected chi connectivity index (χ0v) is 10.4. The second-order valence-corrected chi connectivity index (χ2v) is 4.52. The zero-order valence-electron chi connectivity index (χ0n) is 10.4. The molecule has 1 rings (SSSR count). The Morgan fingerprint density at radius 3 is 2.60 bits per heavy atom. The van der Waals surface area contributed by atoms with Crippen LogP contribution in [-0.4, -0.2) is 12.6 Å². The summed E-state index contributed by atoms with van der Waals surface area (Å²) in [6, 6.07) is 9.41. The Morgan fingerprint density at radius 1 is 1.27 bits per heavy atom. The number of nitrogens with one attached hydrogen (secondary N) is 1. The van der Waals surface area contributed by atoms with E-state index in [4.69, 9.17) is 0 Å². The minimum Gasteiger partial charge on any atom is -0.314 e. The molecule has 0 aliphatic carbocycles. The first-order valence-corrected chi connectivity index (χ1v) is 5.92. The Labute approximate surface area is 93.9 Å². The van der Waals surface area contributed by atoms with Crippen LogP contribution in [0.15, 0.2) is 24.3 Å². The average Bonchev–Trinajstić information content (AvgIpc) is 2.18. The van der Waals surface area contributed by atoms with Crippen molar-refractivity contribution in [3.8, 4) is 0 Å². The number of benzene rings is 1. The van der Waals surface area contributed by atoms with Crippen LogP contribution in [0.3, 0.4) is 0 Å². The lowest BCUT2D eigenvalue weighted by Gasteiger charge is -2.20. The van der Waals surface area contributed by atoms with Crippen molar-refractivity contribution in [3.63, 3.8) is 0 Å². The lowest BCUT2D eigenvalue weighted by molar-refractivity contribution is 0.406. The molecule has 0 heterocycles. The van der Waals surface area contributed by atoms with Crippen molar-refractivity contribution in [2.75, 3.05) is 6.54 Å². The van der Waals surface area contributed by atoms with E-state index in [0.717, 1.165) is 13.0 Å². The third-order valence-corrected chi connectivity index (χ3v) is 3.02. The van der Waals surface area contributed by atoms with Gasteiger partial charge in [0.25, 0.3) is 0 Å². The first-order valence-electron chi connectivity index (χ1n) is 5.92. The van der Waals surface area contributed by atoms with E-state index in [9.17, 15) is 0 Å². The van der Waals surface area contributed by atoms with Crippen LogP contribution in [0.2, 0.25) is 0 Å². The molecule has 0 fully saturated rings. The quantitative estimate of drug-likeness (QED) is 0.778. The highest BCUT2D eigenvalue weighted by molar-refractivity contribution is 5.22. The van der Waals surface area contributed by atoms with Crippen LogP contribution in [0.1, 0.15) is 31.9 Å². The second-order valence-electron chi connectivity index (χ2n) is 4.52. The molecule has 15 heavy (non-hydrogen) atoms. The highest BCUT2D eigenvalue weighted by Gasteiger charge is 2.11. The summed E-state index contributed by atoms with van der Waals surface area (Å²) in [7, 11) is 0. The Hall–Kier alpha value is -0.820. The number of rotatable bonds is 5. The summed E-state index contributed by atoms with van der Waals surface area (Å²) in [6.07, 6.45) is 1.16. The Bertz CT molecular complexity index is 293. The highest BCUT2D eigenvalue weighted by Crippen LogP contribution is 2.13. The first kappa shape index (κ1) is 12.3. The summed E-state index contributed by atoms with van der Waals surface area (Å²) in [5, 5.41) is 3.48. The van der Waals surface area contributed by atoms with E-state index in [1.807, 2.05) is 0 Å². The summed E-state index contributed by atoms with van der Waals surface area (Å²) in [5.74, 6) is 0.687. The summed E-state index contributed by atoms with van der Waals surface area (Å²) in [4.78, 5) is 0. The standard InChI is InChI=1S/C14H23N/c1-5-15-13(4)12(3)10-14-8-6-7-11(2)9-14/h6-9,12-13,15H,5,10H2,1-4H3. The third kappa shape index (κ3) is 4.05. The van der Waals surface area contributed by atoms with Crippen molar-refractivity contribution in [2.24, 2.45) is 5.92 Å². The molecule has 2 atom stereocenters. The highest BCUT2D eigenvalue weighted by atomic mass is 14.9. The van der Waals surface area contributed by atoms with Crippen LogP contribution < -0.4 is 5.32 Å². The van der Waals surface area contributed by atoms with Gasteiger partial charge in [-0.3, -0.25) is 0 Å². The van der Waals surface area contributed by atoms with Crippen molar-refractivity contribution in [2.45, 2.75) is 40.2 Å². The molecule has 0 spiro atoms.